The summed E-state index contributed by atoms with van der Waals surface area (Å²) in [7, 11) is 3.14. The van der Waals surface area contributed by atoms with E-state index in [1.165, 1.54) is 29.1 Å². The lowest BCUT2D eigenvalue weighted by atomic mass is 10.0. The van der Waals surface area contributed by atoms with Gasteiger partial charge in [0.2, 0.25) is 5.91 Å². The van der Waals surface area contributed by atoms with E-state index in [1.807, 2.05) is 23.1 Å². The minimum absolute atomic E-state index is 0.00503. The van der Waals surface area contributed by atoms with Crippen molar-refractivity contribution in [1.82, 2.24) is 9.55 Å². The van der Waals surface area contributed by atoms with Gasteiger partial charge in [0.25, 0.3) is 5.56 Å². The van der Waals surface area contributed by atoms with Crippen molar-refractivity contribution in [1.29, 1.82) is 0 Å². The Balaban J connectivity index is 1.51. The molecule has 1 amide bonds. The fourth-order valence-electron chi connectivity index (χ4n) is 4.37. The molecule has 0 saturated carbocycles. The molecule has 2 aliphatic rings. The molecule has 176 valence electrons. The first-order valence-electron chi connectivity index (χ1n) is 11.1. The molecule has 0 bridgehead atoms. The van der Waals surface area contributed by atoms with Crippen LogP contribution >= 0.6 is 23.5 Å². The molecule has 7 nitrogen and oxygen atoms in total. The van der Waals surface area contributed by atoms with Crippen molar-refractivity contribution < 1.29 is 14.3 Å². The largest absolute Gasteiger partial charge is 0.497 e. The highest BCUT2D eigenvalue weighted by Crippen LogP contribution is 2.34. The van der Waals surface area contributed by atoms with Gasteiger partial charge in [0.05, 0.1) is 36.2 Å². The summed E-state index contributed by atoms with van der Waals surface area (Å²) in [6, 6.07) is 13.4. The molecule has 9 heteroatoms. The van der Waals surface area contributed by atoms with Crippen molar-refractivity contribution in [3.8, 4) is 17.2 Å². The number of methoxy groups -OCH3 is 2. The first-order valence-corrected chi connectivity index (χ1v) is 13.1. The number of benzene rings is 2. The SMILES string of the molecule is COc1ccc(OC)c(-n2c(SCC(=O)N3CCCc4ccccc43)nc3c(c2=O)SCC3)c1. The van der Waals surface area contributed by atoms with E-state index >= 15 is 0 Å². The van der Waals surface area contributed by atoms with E-state index < -0.39 is 0 Å². The molecule has 3 aromatic rings. The normalized spacial score (nSPS) is 14.5. The number of hydrogen-bond donors (Lipinski definition) is 0. The van der Waals surface area contributed by atoms with Crippen molar-refractivity contribution >= 4 is 35.1 Å². The predicted octanol–water partition coefficient (Wildman–Crippen LogP) is 3.97. The molecule has 0 saturated heterocycles. The number of rotatable bonds is 6. The van der Waals surface area contributed by atoms with Crippen LogP contribution in [0.1, 0.15) is 17.7 Å². The zero-order valence-electron chi connectivity index (χ0n) is 19.1. The Labute approximate surface area is 206 Å². The van der Waals surface area contributed by atoms with Crippen molar-refractivity contribution in [2.24, 2.45) is 0 Å². The Morgan fingerprint density at radius 2 is 1.97 bits per heavy atom. The van der Waals surface area contributed by atoms with Gasteiger partial charge < -0.3 is 14.4 Å². The monoisotopic (exact) mass is 495 g/mol. The van der Waals surface area contributed by atoms with Crippen LogP contribution in [0.15, 0.2) is 57.3 Å². The Bertz CT molecular complexity index is 1310. The number of ether oxygens (including phenoxy) is 2. The Kier molecular flexibility index (Phi) is 6.56. The summed E-state index contributed by atoms with van der Waals surface area (Å²) in [6.45, 7) is 0.696. The van der Waals surface area contributed by atoms with Crippen LogP contribution < -0.4 is 19.9 Å². The van der Waals surface area contributed by atoms with Crippen LogP contribution in [-0.2, 0) is 17.6 Å². The lowest BCUT2D eigenvalue weighted by Gasteiger charge is -2.29. The van der Waals surface area contributed by atoms with Gasteiger partial charge in [0.15, 0.2) is 5.16 Å². The Morgan fingerprint density at radius 3 is 2.79 bits per heavy atom. The summed E-state index contributed by atoms with van der Waals surface area (Å²) in [5.41, 5.74) is 3.37. The predicted molar refractivity (Wildman–Crippen MR) is 135 cm³/mol. The number of thioether (sulfide) groups is 2. The first-order chi connectivity index (χ1) is 16.6. The number of carbonyl (C=O) groups is 1. The van der Waals surface area contributed by atoms with Crippen molar-refractivity contribution in [2.75, 3.05) is 37.2 Å². The van der Waals surface area contributed by atoms with Crippen LogP contribution in [0.25, 0.3) is 5.69 Å². The standard InChI is InChI=1S/C25H25N3O4S2/c1-31-17-9-10-21(32-2)20(14-17)28-24(30)23-18(11-13-33-23)26-25(28)34-15-22(29)27-12-5-7-16-6-3-4-8-19(16)27/h3-4,6,8-10,14H,5,7,11-13,15H2,1-2H3. The van der Waals surface area contributed by atoms with Crippen LogP contribution in [0.4, 0.5) is 5.69 Å². The number of hydrogen-bond acceptors (Lipinski definition) is 7. The summed E-state index contributed by atoms with van der Waals surface area (Å²) in [6.07, 6.45) is 2.66. The second kappa shape index (κ2) is 9.76. The second-order valence-electron chi connectivity index (χ2n) is 8.01. The summed E-state index contributed by atoms with van der Waals surface area (Å²) in [5, 5.41) is 0.483. The van der Waals surface area contributed by atoms with Crippen LogP contribution in [0, 0.1) is 0 Å². The lowest BCUT2D eigenvalue weighted by Crippen LogP contribution is -2.36. The maximum Gasteiger partial charge on any atom is 0.272 e. The van der Waals surface area contributed by atoms with Crippen molar-refractivity contribution in [3.05, 3.63) is 64.1 Å². The molecule has 0 N–H and O–H groups in total. The molecule has 34 heavy (non-hydrogen) atoms. The van der Waals surface area contributed by atoms with E-state index in [9.17, 15) is 9.59 Å². The minimum Gasteiger partial charge on any atom is -0.497 e. The molecule has 0 fully saturated rings. The quantitative estimate of drug-likeness (QED) is 0.378. The van der Waals surface area contributed by atoms with Crippen LogP contribution in [0.5, 0.6) is 11.5 Å². The highest BCUT2D eigenvalue weighted by atomic mass is 32.2. The molecule has 0 atom stereocenters. The molecule has 1 aromatic heterocycles. The fourth-order valence-corrected chi connectivity index (χ4v) is 6.29. The molecule has 2 aromatic carbocycles. The van der Waals surface area contributed by atoms with E-state index in [0.717, 1.165) is 36.4 Å². The summed E-state index contributed by atoms with van der Waals surface area (Å²) in [5.74, 6) is 2.15. The number of fused-ring (bicyclic) bond motifs is 2. The summed E-state index contributed by atoms with van der Waals surface area (Å²) >= 11 is 2.81. The van der Waals surface area contributed by atoms with Gasteiger partial charge in [-0.15, -0.1) is 11.8 Å². The van der Waals surface area contributed by atoms with E-state index in [0.29, 0.717) is 33.8 Å². The number of carbonyl (C=O) groups excluding carboxylic acids is 1. The Morgan fingerprint density at radius 1 is 1.12 bits per heavy atom. The average Bonchev–Trinajstić information content (AvgIpc) is 3.35. The van der Waals surface area contributed by atoms with Crippen molar-refractivity contribution in [2.45, 2.75) is 29.3 Å². The molecule has 3 heterocycles. The van der Waals surface area contributed by atoms with E-state index in [4.69, 9.17) is 14.5 Å². The summed E-state index contributed by atoms with van der Waals surface area (Å²) < 4.78 is 12.5. The van der Waals surface area contributed by atoms with Gasteiger partial charge in [-0.25, -0.2) is 4.98 Å². The van der Waals surface area contributed by atoms with Gasteiger partial charge in [0, 0.05) is 30.5 Å². The fraction of sp³-hybridized carbons (Fsp3) is 0.320. The zero-order valence-corrected chi connectivity index (χ0v) is 20.7. The molecular formula is C25H25N3O4S2. The van der Waals surface area contributed by atoms with Crippen LogP contribution in [0.2, 0.25) is 0 Å². The van der Waals surface area contributed by atoms with Crippen molar-refractivity contribution in [3.63, 3.8) is 0 Å². The number of aryl methyl sites for hydroxylation is 2. The molecule has 0 unspecified atom stereocenters. The van der Waals surface area contributed by atoms with Gasteiger partial charge in [-0.1, -0.05) is 30.0 Å². The lowest BCUT2D eigenvalue weighted by molar-refractivity contribution is -0.116. The topological polar surface area (TPSA) is 73.7 Å². The second-order valence-corrected chi connectivity index (χ2v) is 10.1. The highest BCUT2D eigenvalue weighted by molar-refractivity contribution is 8.00. The molecule has 2 aliphatic heterocycles. The molecular weight excluding hydrogens is 470 g/mol. The smallest absolute Gasteiger partial charge is 0.272 e. The number of anilines is 1. The van der Waals surface area contributed by atoms with Gasteiger partial charge in [0.1, 0.15) is 11.5 Å². The molecule has 0 aliphatic carbocycles. The van der Waals surface area contributed by atoms with Gasteiger partial charge >= 0.3 is 0 Å². The first kappa shape index (κ1) is 22.9. The highest BCUT2D eigenvalue weighted by Gasteiger charge is 2.26. The number of aromatic nitrogens is 2. The maximum absolute atomic E-state index is 13.6. The zero-order chi connectivity index (χ0) is 23.7. The maximum atomic E-state index is 13.6. The molecule has 0 radical (unpaired) electrons. The molecule has 0 spiro atoms. The third-order valence-corrected chi connectivity index (χ3v) is 8.06. The van der Waals surface area contributed by atoms with Gasteiger partial charge in [-0.3, -0.25) is 14.2 Å². The number of amides is 1. The van der Waals surface area contributed by atoms with E-state index in [-0.39, 0.29) is 17.2 Å². The van der Waals surface area contributed by atoms with E-state index in [1.54, 1.807) is 37.0 Å². The minimum atomic E-state index is -0.141. The van der Waals surface area contributed by atoms with Crippen LogP contribution in [0.3, 0.4) is 0 Å². The van der Waals surface area contributed by atoms with Gasteiger partial charge in [-0.05, 0) is 36.6 Å². The Hall–Kier alpha value is -2.91. The number of para-hydroxylation sites is 1. The summed E-state index contributed by atoms with van der Waals surface area (Å²) in [4.78, 5) is 34.2. The third-order valence-electron chi connectivity index (χ3n) is 6.03. The van der Waals surface area contributed by atoms with Gasteiger partial charge in [-0.2, -0.15) is 0 Å². The molecule has 5 rings (SSSR count). The van der Waals surface area contributed by atoms with Crippen LogP contribution in [-0.4, -0.2) is 47.7 Å². The average molecular weight is 496 g/mol. The number of nitrogens with zero attached hydrogens (tertiary/aromatic N) is 3. The van der Waals surface area contributed by atoms with E-state index in [2.05, 4.69) is 6.07 Å². The third kappa shape index (κ3) is 4.18.